The predicted octanol–water partition coefficient (Wildman–Crippen LogP) is 5.52. The lowest BCUT2D eigenvalue weighted by Gasteiger charge is -2.30. The highest BCUT2D eigenvalue weighted by atomic mass is 35.5. The minimum absolute atomic E-state index is 0.0253. The molecule has 2 rings (SSSR count). The van der Waals surface area contributed by atoms with Gasteiger partial charge < -0.3 is 10.2 Å². The average Bonchev–Trinajstić information content (AvgIpc) is 2.68. The summed E-state index contributed by atoms with van der Waals surface area (Å²) in [5.41, 5.74) is 1.55. The first-order chi connectivity index (χ1) is 13.7. The van der Waals surface area contributed by atoms with Gasteiger partial charge in [-0.2, -0.15) is 0 Å². The van der Waals surface area contributed by atoms with Gasteiger partial charge in [0.1, 0.15) is 6.04 Å². The second kappa shape index (κ2) is 10.9. The van der Waals surface area contributed by atoms with Crippen molar-refractivity contribution < 1.29 is 9.59 Å². The van der Waals surface area contributed by atoms with Crippen LogP contribution in [0.2, 0.25) is 15.1 Å². The van der Waals surface area contributed by atoms with Gasteiger partial charge in [0.25, 0.3) is 0 Å². The fraction of sp³-hybridized carbons (Fsp3) is 0.364. The Labute approximate surface area is 187 Å². The molecule has 0 aliphatic heterocycles. The summed E-state index contributed by atoms with van der Waals surface area (Å²) < 4.78 is 0. The van der Waals surface area contributed by atoms with Crippen LogP contribution < -0.4 is 5.32 Å². The standard InChI is InChI=1S/C22H25Cl3N2O2/c1-4-14(2)26-22(29)15(3)27(13-17-7-10-19(24)12-20(17)25)21(28)11-16-5-8-18(23)9-6-16/h5-10,12,14-15H,4,11,13H2,1-3H3,(H,26,29)/t14-,15+/m0/s1. The van der Waals surface area contributed by atoms with Gasteiger partial charge in [-0.25, -0.2) is 0 Å². The third kappa shape index (κ3) is 6.91. The molecule has 2 amide bonds. The van der Waals surface area contributed by atoms with E-state index in [9.17, 15) is 9.59 Å². The molecule has 29 heavy (non-hydrogen) atoms. The number of hydrogen-bond donors (Lipinski definition) is 1. The minimum Gasteiger partial charge on any atom is -0.352 e. The number of benzene rings is 2. The number of rotatable bonds is 8. The molecule has 0 spiro atoms. The van der Waals surface area contributed by atoms with Crippen molar-refractivity contribution in [2.24, 2.45) is 0 Å². The molecule has 0 radical (unpaired) electrons. The molecule has 156 valence electrons. The number of amides is 2. The zero-order chi connectivity index (χ0) is 21.6. The highest BCUT2D eigenvalue weighted by Gasteiger charge is 2.27. The summed E-state index contributed by atoms with van der Waals surface area (Å²) in [7, 11) is 0. The Kier molecular flexibility index (Phi) is 8.81. The van der Waals surface area contributed by atoms with Crippen molar-refractivity contribution >= 4 is 46.6 Å². The summed E-state index contributed by atoms with van der Waals surface area (Å²) in [6.45, 7) is 5.85. The molecule has 0 fully saturated rings. The molecule has 0 aliphatic carbocycles. The number of nitrogens with zero attached hydrogens (tertiary/aromatic N) is 1. The van der Waals surface area contributed by atoms with E-state index in [1.165, 1.54) is 0 Å². The van der Waals surface area contributed by atoms with E-state index in [-0.39, 0.29) is 30.8 Å². The van der Waals surface area contributed by atoms with Crippen LogP contribution >= 0.6 is 34.8 Å². The molecule has 1 N–H and O–H groups in total. The van der Waals surface area contributed by atoms with E-state index < -0.39 is 6.04 Å². The first-order valence-corrected chi connectivity index (χ1v) is 10.6. The molecule has 0 saturated heterocycles. The Morgan fingerprint density at radius 3 is 2.21 bits per heavy atom. The normalized spacial score (nSPS) is 12.9. The van der Waals surface area contributed by atoms with Crippen molar-refractivity contribution in [3.05, 3.63) is 68.7 Å². The second-order valence-electron chi connectivity index (χ2n) is 7.05. The molecule has 7 heteroatoms. The van der Waals surface area contributed by atoms with Gasteiger partial charge in [0.05, 0.1) is 6.42 Å². The van der Waals surface area contributed by atoms with Gasteiger partial charge in [-0.3, -0.25) is 9.59 Å². The quantitative estimate of drug-likeness (QED) is 0.569. The van der Waals surface area contributed by atoms with E-state index in [1.807, 2.05) is 13.8 Å². The van der Waals surface area contributed by atoms with Crippen LogP contribution in [0.25, 0.3) is 0 Å². The van der Waals surface area contributed by atoms with E-state index in [1.54, 1.807) is 54.3 Å². The van der Waals surface area contributed by atoms with E-state index in [4.69, 9.17) is 34.8 Å². The van der Waals surface area contributed by atoms with Gasteiger partial charge >= 0.3 is 0 Å². The Bertz CT molecular complexity index is 856. The smallest absolute Gasteiger partial charge is 0.242 e. The van der Waals surface area contributed by atoms with Gasteiger partial charge in [-0.05, 0) is 55.7 Å². The second-order valence-corrected chi connectivity index (χ2v) is 8.33. The Morgan fingerprint density at radius 2 is 1.62 bits per heavy atom. The summed E-state index contributed by atoms with van der Waals surface area (Å²) in [5, 5.41) is 4.51. The van der Waals surface area contributed by atoms with Gasteiger partial charge in [-0.15, -0.1) is 0 Å². The summed E-state index contributed by atoms with van der Waals surface area (Å²) in [4.78, 5) is 27.4. The molecular weight excluding hydrogens is 431 g/mol. The highest BCUT2D eigenvalue weighted by Crippen LogP contribution is 2.24. The van der Waals surface area contributed by atoms with Crippen LogP contribution in [0.3, 0.4) is 0 Å². The minimum atomic E-state index is -0.657. The van der Waals surface area contributed by atoms with E-state index in [2.05, 4.69) is 5.32 Å². The monoisotopic (exact) mass is 454 g/mol. The molecule has 2 atom stereocenters. The van der Waals surface area contributed by atoms with Gasteiger partial charge in [0.2, 0.25) is 11.8 Å². The molecule has 0 aromatic heterocycles. The maximum atomic E-state index is 13.1. The lowest BCUT2D eigenvalue weighted by atomic mass is 10.1. The molecule has 0 bridgehead atoms. The molecule has 4 nitrogen and oxygen atoms in total. The molecule has 0 aliphatic rings. The first kappa shape index (κ1) is 23.5. The number of carbonyl (C=O) groups is 2. The van der Waals surface area contributed by atoms with Crippen LogP contribution in [0.4, 0.5) is 0 Å². The van der Waals surface area contributed by atoms with E-state index in [0.717, 1.165) is 17.5 Å². The molecule has 2 aromatic carbocycles. The van der Waals surface area contributed by atoms with Crippen molar-refractivity contribution in [3.63, 3.8) is 0 Å². The molecular formula is C22H25Cl3N2O2. The van der Waals surface area contributed by atoms with E-state index in [0.29, 0.717) is 15.1 Å². The number of hydrogen-bond acceptors (Lipinski definition) is 2. The van der Waals surface area contributed by atoms with Gasteiger partial charge in [0.15, 0.2) is 0 Å². The third-order valence-corrected chi connectivity index (χ3v) is 5.63. The highest BCUT2D eigenvalue weighted by molar-refractivity contribution is 6.35. The van der Waals surface area contributed by atoms with Crippen LogP contribution in [0.5, 0.6) is 0 Å². The number of carbonyl (C=O) groups excluding carboxylic acids is 2. The van der Waals surface area contributed by atoms with Crippen LogP contribution in [0.15, 0.2) is 42.5 Å². The maximum absolute atomic E-state index is 13.1. The Balaban J connectivity index is 2.26. The first-order valence-electron chi connectivity index (χ1n) is 9.49. The Morgan fingerprint density at radius 1 is 1.00 bits per heavy atom. The molecule has 2 aromatic rings. The zero-order valence-corrected chi connectivity index (χ0v) is 19.0. The zero-order valence-electron chi connectivity index (χ0n) is 16.7. The third-order valence-electron chi connectivity index (χ3n) is 4.79. The van der Waals surface area contributed by atoms with E-state index >= 15 is 0 Å². The maximum Gasteiger partial charge on any atom is 0.242 e. The Hall–Kier alpha value is -1.75. The SMILES string of the molecule is CC[C@H](C)NC(=O)[C@@H](C)N(Cc1ccc(Cl)cc1Cl)C(=O)Cc1ccc(Cl)cc1. The predicted molar refractivity (Wildman–Crippen MR) is 120 cm³/mol. The van der Waals surface area contributed by atoms with Gasteiger partial charge in [0, 0.05) is 27.7 Å². The van der Waals surface area contributed by atoms with Crippen molar-refractivity contribution in [1.82, 2.24) is 10.2 Å². The molecule has 0 heterocycles. The topological polar surface area (TPSA) is 49.4 Å². The molecule has 0 unspecified atom stereocenters. The van der Waals surface area contributed by atoms with Crippen molar-refractivity contribution in [1.29, 1.82) is 0 Å². The lowest BCUT2D eigenvalue weighted by Crippen LogP contribution is -2.49. The van der Waals surface area contributed by atoms with Crippen molar-refractivity contribution in [2.45, 2.75) is 52.2 Å². The largest absolute Gasteiger partial charge is 0.352 e. The van der Waals surface area contributed by atoms with Crippen LogP contribution in [0, 0.1) is 0 Å². The fourth-order valence-electron chi connectivity index (χ4n) is 2.76. The summed E-state index contributed by atoms with van der Waals surface area (Å²) >= 11 is 18.2. The van der Waals surface area contributed by atoms with Crippen molar-refractivity contribution in [3.8, 4) is 0 Å². The fourth-order valence-corrected chi connectivity index (χ4v) is 3.35. The summed E-state index contributed by atoms with van der Waals surface area (Å²) in [6.07, 6.45) is 0.962. The van der Waals surface area contributed by atoms with Crippen LogP contribution in [-0.4, -0.2) is 28.8 Å². The number of halogens is 3. The average molecular weight is 456 g/mol. The van der Waals surface area contributed by atoms with Gasteiger partial charge in [-0.1, -0.05) is 59.9 Å². The summed E-state index contributed by atoms with van der Waals surface area (Å²) in [6, 6.07) is 11.6. The molecule has 0 saturated carbocycles. The number of nitrogens with one attached hydrogen (secondary N) is 1. The summed E-state index contributed by atoms with van der Waals surface area (Å²) in [5.74, 6) is -0.376. The lowest BCUT2D eigenvalue weighted by molar-refractivity contribution is -0.140. The van der Waals surface area contributed by atoms with Crippen LogP contribution in [-0.2, 0) is 22.6 Å². The van der Waals surface area contributed by atoms with Crippen molar-refractivity contribution in [2.75, 3.05) is 0 Å². The van der Waals surface area contributed by atoms with Crippen LogP contribution in [0.1, 0.15) is 38.3 Å².